The number of aliphatic hydroxyl groups excluding tert-OH is 1. The van der Waals surface area contributed by atoms with Gasteiger partial charge in [-0.1, -0.05) is 0 Å². The van der Waals surface area contributed by atoms with Gasteiger partial charge >= 0.3 is 0 Å². The number of carbonyl (C=O) groups is 1. The van der Waals surface area contributed by atoms with Crippen LogP contribution in [0.1, 0.15) is 24.6 Å². The maximum atomic E-state index is 12.6. The number of nitrogens with zero attached hydrogens (tertiary/aromatic N) is 1. The first-order valence-electron chi connectivity index (χ1n) is 7.33. The minimum absolute atomic E-state index is 0.187. The highest BCUT2D eigenvalue weighted by Gasteiger charge is 2.33. The first-order valence-corrected chi connectivity index (χ1v) is 9.58. The summed E-state index contributed by atoms with van der Waals surface area (Å²) in [5.41, 5.74) is 0. The van der Waals surface area contributed by atoms with Crippen LogP contribution >= 0.6 is 11.3 Å². The number of aryl methyl sites for hydroxylation is 1. The van der Waals surface area contributed by atoms with Crippen molar-refractivity contribution in [2.24, 2.45) is 5.92 Å². The summed E-state index contributed by atoms with van der Waals surface area (Å²) < 4.78 is 26.9. The first kappa shape index (κ1) is 17.4. The van der Waals surface area contributed by atoms with Crippen molar-refractivity contribution < 1.29 is 18.3 Å². The van der Waals surface area contributed by atoms with E-state index in [1.165, 1.54) is 15.6 Å². The highest BCUT2D eigenvalue weighted by molar-refractivity contribution is 7.91. The molecule has 1 amide bonds. The van der Waals surface area contributed by atoms with Crippen LogP contribution in [-0.4, -0.2) is 49.5 Å². The highest BCUT2D eigenvalue weighted by atomic mass is 32.2. The molecule has 1 fully saturated rings. The molecule has 0 spiro atoms. The van der Waals surface area contributed by atoms with Crippen LogP contribution in [0.15, 0.2) is 16.3 Å². The fourth-order valence-electron chi connectivity index (χ4n) is 2.45. The Morgan fingerprint density at radius 3 is 2.86 bits per heavy atom. The summed E-state index contributed by atoms with van der Waals surface area (Å²) >= 11 is 1.25. The monoisotopic (exact) mass is 346 g/mol. The molecule has 2 unspecified atom stereocenters. The summed E-state index contributed by atoms with van der Waals surface area (Å²) in [5, 5.41) is 11.9. The molecule has 0 aromatic carbocycles. The first-order chi connectivity index (χ1) is 10.3. The third-order valence-corrected chi connectivity index (χ3v) is 6.97. The van der Waals surface area contributed by atoms with Crippen LogP contribution in [0.5, 0.6) is 0 Å². The lowest BCUT2D eigenvalue weighted by molar-refractivity contribution is -0.126. The Morgan fingerprint density at radius 2 is 2.27 bits per heavy atom. The molecule has 1 aromatic rings. The van der Waals surface area contributed by atoms with E-state index in [1.54, 1.807) is 19.1 Å². The number of nitrogens with one attached hydrogen (secondary N) is 1. The number of amides is 1. The lowest BCUT2D eigenvalue weighted by Crippen LogP contribution is -2.46. The van der Waals surface area contributed by atoms with Crippen molar-refractivity contribution >= 4 is 27.3 Å². The van der Waals surface area contributed by atoms with Crippen LogP contribution < -0.4 is 5.32 Å². The van der Waals surface area contributed by atoms with E-state index in [9.17, 15) is 18.3 Å². The van der Waals surface area contributed by atoms with E-state index in [0.717, 1.165) is 4.88 Å². The van der Waals surface area contributed by atoms with Gasteiger partial charge in [-0.05, 0) is 38.8 Å². The molecule has 2 atom stereocenters. The predicted molar refractivity (Wildman–Crippen MR) is 85.2 cm³/mol. The number of aliphatic hydroxyl groups is 1. The van der Waals surface area contributed by atoms with Gasteiger partial charge < -0.3 is 10.4 Å². The molecule has 0 aliphatic carbocycles. The molecule has 1 saturated heterocycles. The normalized spacial score (nSPS) is 21.5. The Balaban J connectivity index is 2.05. The fourth-order valence-corrected chi connectivity index (χ4v) is 5.41. The third-order valence-electron chi connectivity index (χ3n) is 3.64. The third kappa shape index (κ3) is 4.07. The summed E-state index contributed by atoms with van der Waals surface area (Å²) in [6, 6.07) is 3.40. The summed E-state index contributed by atoms with van der Waals surface area (Å²) in [4.78, 5) is 13.0. The number of carbonyl (C=O) groups excluding carboxylic acids is 1. The van der Waals surface area contributed by atoms with Crippen molar-refractivity contribution in [1.82, 2.24) is 9.62 Å². The molecule has 0 bridgehead atoms. The average molecular weight is 346 g/mol. The van der Waals surface area contributed by atoms with Gasteiger partial charge in [-0.2, -0.15) is 4.31 Å². The molecular weight excluding hydrogens is 324 g/mol. The van der Waals surface area contributed by atoms with Crippen molar-refractivity contribution in [1.29, 1.82) is 0 Å². The molecule has 1 aliphatic heterocycles. The second kappa shape index (κ2) is 7.08. The van der Waals surface area contributed by atoms with Gasteiger partial charge in [0.1, 0.15) is 4.21 Å². The van der Waals surface area contributed by atoms with Gasteiger partial charge in [0.05, 0.1) is 12.0 Å². The zero-order chi connectivity index (χ0) is 16.3. The zero-order valence-electron chi connectivity index (χ0n) is 12.8. The quantitative estimate of drug-likeness (QED) is 0.831. The van der Waals surface area contributed by atoms with Crippen molar-refractivity contribution in [3.8, 4) is 0 Å². The molecule has 0 radical (unpaired) electrons. The van der Waals surface area contributed by atoms with Crippen molar-refractivity contribution in [2.75, 3.05) is 19.6 Å². The minimum atomic E-state index is -3.52. The molecule has 2 rings (SSSR count). The topological polar surface area (TPSA) is 86.7 Å². The van der Waals surface area contributed by atoms with Crippen LogP contribution in [0.2, 0.25) is 0 Å². The van der Waals surface area contributed by atoms with Crippen LogP contribution in [0.25, 0.3) is 0 Å². The summed E-state index contributed by atoms with van der Waals surface area (Å²) in [6.07, 6.45) is 0.721. The largest absolute Gasteiger partial charge is 0.392 e. The molecule has 0 saturated carbocycles. The Morgan fingerprint density at radius 1 is 1.55 bits per heavy atom. The van der Waals surface area contributed by atoms with Crippen molar-refractivity contribution in [3.05, 3.63) is 17.0 Å². The van der Waals surface area contributed by atoms with E-state index in [4.69, 9.17) is 0 Å². The molecule has 22 heavy (non-hydrogen) atoms. The fraction of sp³-hybridized carbons (Fsp3) is 0.643. The summed E-state index contributed by atoms with van der Waals surface area (Å²) in [7, 11) is -3.52. The van der Waals surface area contributed by atoms with Crippen LogP contribution in [0.3, 0.4) is 0 Å². The molecular formula is C14H22N2O4S2. The van der Waals surface area contributed by atoms with Gasteiger partial charge in [0.25, 0.3) is 10.0 Å². The maximum Gasteiger partial charge on any atom is 0.252 e. The molecule has 1 aliphatic rings. The van der Waals surface area contributed by atoms with Gasteiger partial charge in [-0.15, -0.1) is 11.3 Å². The Kier molecular flexibility index (Phi) is 5.60. The maximum absolute atomic E-state index is 12.6. The Hall–Kier alpha value is -0.960. The van der Waals surface area contributed by atoms with Gasteiger partial charge in [0, 0.05) is 24.5 Å². The second-order valence-electron chi connectivity index (χ2n) is 5.66. The SMILES string of the molecule is Cc1ccc(S(=O)(=O)N2CCCC(C(=O)NCC(C)O)C2)s1. The van der Waals surface area contributed by atoms with E-state index >= 15 is 0 Å². The number of sulfonamides is 1. The van der Waals surface area contributed by atoms with E-state index in [2.05, 4.69) is 5.32 Å². The standard InChI is InChI=1S/C14H22N2O4S2/c1-10(17)8-15-14(18)12-4-3-7-16(9-12)22(19,20)13-6-5-11(2)21-13/h5-6,10,12,17H,3-4,7-9H2,1-2H3,(H,15,18). The number of thiophene rings is 1. The van der Waals surface area contributed by atoms with Crippen molar-refractivity contribution in [2.45, 2.75) is 37.0 Å². The molecule has 1 aromatic heterocycles. The lowest BCUT2D eigenvalue weighted by Gasteiger charge is -2.30. The molecule has 2 heterocycles. The van der Waals surface area contributed by atoms with Crippen LogP contribution in [0.4, 0.5) is 0 Å². The number of rotatable bonds is 5. The van der Waals surface area contributed by atoms with Crippen molar-refractivity contribution in [3.63, 3.8) is 0 Å². The van der Waals surface area contributed by atoms with E-state index in [-0.39, 0.29) is 24.9 Å². The molecule has 124 valence electrons. The van der Waals surface area contributed by atoms with Crippen LogP contribution in [-0.2, 0) is 14.8 Å². The highest BCUT2D eigenvalue weighted by Crippen LogP contribution is 2.28. The number of hydrogen-bond donors (Lipinski definition) is 2. The van der Waals surface area contributed by atoms with E-state index < -0.39 is 16.1 Å². The Bertz CT molecular complexity index is 625. The lowest BCUT2D eigenvalue weighted by atomic mass is 9.99. The number of hydrogen-bond acceptors (Lipinski definition) is 5. The minimum Gasteiger partial charge on any atom is -0.392 e. The smallest absolute Gasteiger partial charge is 0.252 e. The van der Waals surface area contributed by atoms with Crippen LogP contribution in [0, 0.1) is 12.8 Å². The number of piperidine rings is 1. The van der Waals surface area contributed by atoms with Gasteiger partial charge in [-0.3, -0.25) is 4.79 Å². The van der Waals surface area contributed by atoms with E-state index in [0.29, 0.717) is 23.6 Å². The Labute approximate surface area is 135 Å². The van der Waals surface area contributed by atoms with Gasteiger partial charge in [-0.25, -0.2) is 8.42 Å². The zero-order valence-corrected chi connectivity index (χ0v) is 14.4. The van der Waals surface area contributed by atoms with E-state index in [1.807, 2.05) is 6.92 Å². The van der Waals surface area contributed by atoms with Gasteiger partial charge in [0.2, 0.25) is 5.91 Å². The summed E-state index contributed by atoms with van der Waals surface area (Å²) in [5.74, 6) is -0.550. The second-order valence-corrected chi connectivity index (χ2v) is 9.11. The predicted octanol–water partition coefficient (Wildman–Crippen LogP) is 0.954. The summed E-state index contributed by atoms with van der Waals surface area (Å²) in [6.45, 7) is 4.29. The molecule has 6 nitrogen and oxygen atoms in total. The average Bonchev–Trinajstić information content (AvgIpc) is 2.92. The van der Waals surface area contributed by atoms with Gasteiger partial charge in [0.15, 0.2) is 0 Å². The molecule has 8 heteroatoms. The molecule has 2 N–H and O–H groups in total.